The highest BCUT2D eigenvalue weighted by Crippen LogP contribution is 2.27. The van der Waals surface area contributed by atoms with Gasteiger partial charge >= 0.3 is 0 Å². The van der Waals surface area contributed by atoms with Crippen molar-refractivity contribution in [1.82, 2.24) is 9.97 Å². The van der Waals surface area contributed by atoms with Crippen LogP contribution in [0.4, 0.5) is 11.5 Å². The van der Waals surface area contributed by atoms with E-state index in [0.29, 0.717) is 17.6 Å². The summed E-state index contributed by atoms with van der Waals surface area (Å²) in [6.07, 6.45) is 3.76. The van der Waals surface area contributed by atoms with Crippen LogP contribution in [0, 0.1) is 11.8 Å². The quantitative estimate of drug-likeness (QED) is 0.596. The minimum Gasteiger partial charge on any atom is -0.356 e. The number of carbonyl (C=O) groups is 1. The first-order valence-electron chi connectivity index (χ1n) is 9.62. The zero-order chi connectivity index (χ0) is 19.2. The maximum Gasteiger partial charge on any atom is 0.234 e. The maximum atomic E-state index is 12.3. The third-order valence-electron chi connectivity index (χ3n) is 4.84. The van der Waals surface area contributed by atoms with Crippen LogP contribution in [0.15, 0.2) is 41.7 Å². The number of hydrogen-bond donors (Lipinski definition) is 1. The van der Waals surface area contributed by atoms with E-state index in [9.17, 15) is 4.79 Å². The lowest BCUT2D eigenvalue weighted by atomic mass is 9.92. The Balaban J connectivity index is 1.59. The topological polar surface area (TPSA) is 58.1 Å². The van der Waals surface area contributed by atoms with E-state index in [-0.39, 0.29) is 5.91 Å². The highest BCUT2D eigenvalue weighted by atomic mass is 32.2. The molecule has 1 fully saturated rings. The molecule has 2 atom stereocenters. The third-order valence-corrected chi connectivity index (χ3v) is 5.77. The van der Waals surface area contributed by atoms with Gasteiger partial charge in [0.25, 0.3) is 0 Å². The fourth-order valence-corrected chi connectivity index (χ4v) is 4.37. The Kier molecular flexibility index (Phi) is 6.72. The first-order valence-corrected chi connectivity index (χ1v) is 10.6. The normalized spacial score (nSPS) is 19.7. The van der Waals surface area contributed by atoms with Crippen LogP contribution in [0.5, 0.6) is 0 Å². The number of aryl methyl sites for hydroxylation is 1. The standard InChI is InChI=1S/C21H28N4OS/c1-4-17-7-5-6-8-18(17)24-20(26)13-27-21-10-19(22-14-23-21)25-11-15(2)9-16(3)12-25/h5-8,10,14-16H,4,9,11-13H2,1-3H3,(H,24,26)/t15-,16-/m1/s1. The van der Waals surface area contributed by atoms with Gasteiger partial charge in [0.15, 0.2) is 0 Å². The Morgan fingerprint density at radius 3 is 2.70 bits per heavy atom. The summed E-state index contributed by atoms with van der Waals surface area (Å²) >= 11 is 1.45. The van der Waals surface area contributed by atoms with E-state index in [0.717, 1.165) is 41.6 Å². The number of nitrogens with one attached hydrogen (secondary N) is 1. The van der Waals surface area contributed by atoms with E-state index in [1.807, 2.05) is 30.3 Å². The Morgan fingerprint density at radius 1 is 1.22 bits per heavy atom. The zero-order valence-electron chi connectivity index (χ0n) is 16.3. The molecule has 6 heteroatoms. The smallest absolute Gasteiger partial charge is 0.234 e. The van der Waals surface area contributed by atoms with Crippen molar-refractivity contribution >= 4 is 29.2 Å². The first kappa shape index (κ1) is 19.7. The van der Waals surface area contributed by atoms with Crippen molar-refractivity contribution < 1.29 is 4.79 Å². The Morgan fingerprint density at radius 2 is 1.96 bits per heavy atom. The summed E-state index contributed by atoms with van der Waals surface area (Å²) in [6, 6.07) is 9.93. The molecular weight excluding hydrogens is 356 g/mol. The second-order valence-electron chi connectivity index (χ2n) is 7.41. The number of para-hydroxylation sites is 1. The summed E-state index contributed by atoms with van der Waals surface area (Å²) in [5.74, 6) is 2.62. The molecule has 1 amide bonds. The minimum absolute atomic E-state index is 0.0127. The van der Waals surface area contributed by atoms with Crippen molar-refractivity contribution in [2.75, 3.05) is 29.1 Å². The zero-order valence-corrected chi connectivity index (χ0v) is 17.1. The molecule has 1 aliphatic heterocycles. The largest absolute Gasteiger partial charge is 0.356 e. The number of nitrogens with zero attached hydrogens (tertiary/aromatic N) is 3. The van der Waals surface area contributed by atoms with Gasteiger partial charge in [0, 0.05) is 24.8 Å². The highest BCUT2D eigenvalue weighted by Gasteiger charge is 2.23. The number of hydrogen-bond acceptors (Lipinski definition) is 5. The first-order chi connectivity index (χ1) is 13.0. The summed E-state index contributed by atoms with van der Waals surface area (Å²) in [4.78, 5) is 23.5. The fourth-order valence-electron chi connectivity index (χ4n) is 3.71. The van der Waals surface area contributed by atoms with E-state index >= 15 is 0 Å². The number of benzene rings is 1. The van der Waals surface area contributed by atoms with Crippen LogP contribution in [0.25, 0.3) is 0 Å². The molecule has 1 aromatic carbocycles. The lowest BCUT2D eigenvalue weighted by Gasteiger charge is -2.35. The molecule has 0 unspecified atom stereocenters. The molecule has 3 rings (SSSR count). The molecular formula is C21H28N4OS. The van der Waals surface area contributed by atoms with E-state index < -0.39 is 0 Å². The number of amides is 1. The summed E-state index contributed by atoms with van der Waals surface area (Å²) in [7, 11) is 0. The van der Waals surface area contributed by atoms with Gasteiger partial charge in [-0.3, -0.25) is 4.79 Å². The second kappa shape index (κ2) is 9.22. The van der Waals surface area contributed by atoms with Crippen LogP contribution in [-0.4, -0.2) is 34.7 Å². The number of piperidine rings is 1. The Labute approximate surface area is 166 Å². The van der Waals surface area contributed by atoms with Crippen LogP contribution in [0.3, 0.4) is 0 Å². The van der Waals surface area contributed by atoms with E-state index in [2.05, 4.69) is 41.0 Å². The summed E-state index contributed by atoms with van der Waals surface area (Å²) in [5, 5.41) is 3.85. The van der Waals surface area contributed by atoms with Gasteiger partial charge in [0.2, 0.25) is 5.91 Å². The SMILES string of the molecule is CCc1ccccc1NC(=O)CSc1cc(N2C[C@H](C)C[C@@H](C)C2)ncn1. The molecule has 5 nitrogen and oxygen atoms in total. The minimum atomic E-state index is -0.0127. The Bertz CT molecular complexity index is 772. The van der Waals surface area contributed by atoms with Crippen molar-refractivity contribution in [2.45, 2.75) is 38.6 Å². The average Bonchev–Trinajstić information content (AvgIpc) is 2.66. The van der Waals surface area contributed by atoms with Gasteiger partial charge in [-0.1, -0.05) is 50.7 Å². The van der Waals surface area contributed by atoms with Gasteiger partial charge in [-0.25, -0.2) is 9.97 Å². The maximum absolute atomic E-state index is 12.3. The van der Waals surface area contributed by atoms with Gasteiger partial charge in [0.1, 0.15) is 17.2 Å². The molecule has 27 heavy (non-hydrogen) atoms. The number of aromatic nitrogens is 2. The fraction of sp³-hybridized carbons (Fsp3) is 0.476. The van der Waals surface area contributed by atoms with Gasteiger partial charge < -0.3 is 10.2 Å². The lowest BCUT2D eigenvalue weighted by molar-refractivity contribution is -0.113. The molecule has 0 radical (unpaired) electrons. The Hall–Kier alpha value is -2.08. The molecule has 0 bridgehead atoms. The van der Waals surface area contributed by atoms with Crippen LogP contribution in [0.2, 0.25) is 0 Å². The molecule has 2 heterocycles. The highest BCUT2D eigenvalue weighted by molar-refractivity contribution is 7.99. The molecule has 1 aromatic heterocycles. The predicted octanol–water partition coefficient (Wildman–Crippen LogP) is 4.25. The van der Waals surface area contributed by atoms with Gasteiger partial charge in [-0.05, 0) is 36.3 Å². The van der Waals surface area contributed by atoms with Crippen molar-refractivity contribution in [3.8, 4) is 0 Å². The molecule has 1 aliphatic rings. The van der Waals surface area contributed by atoms with E-state index in [4.69, 9.17) is 0 Å². The molecule has 2 aromatic rings. The van der Waals surface area contributed by atoms with Crippen LogP contribution in [-0.2, 0) is 11.2 Å². The van der Waals surface area contributed by atoms with Gasteiger partial charge in [-0.2, -0.15) is 0 Å². The number of carbonyl (C=O) groups excluding carboxylic acids is 1. The van der Waals surface area contributed by atoms with Crippen molar-refractivity contribution in [1.29, 1.82) is 0 Å². The number of rotatable bonds is 6. The second-order valence-corrected chi connectivity index (χ2v) is 8.41. The molecule has 1 saturated heterocycles. The van der Waals surface area contributed by atoms with Crippen molar-refractivity contribution in [3.05, 3.63) is 42.2 Å². The number of thioether (sulfide) groups is 1. The van der Waals surface area contributed by atoms with Crippen LogP contribution >= 0.6 is 11.8 Å². The van der Waals surface area contributed by atoms with Gasteiger partial charge in [-0.15, -0.1) is 0 Å². The van der Waals surface area contributed by atoms with Gasteiger partial charge in [0.05, 0.1) is 5.75 Å². The third kappa shape index (κ3) is 5.45. The number of anilines is 2. The molecule has 0 aliphatic carbocycles. The molecule has 0 spiro atoms. The summed E-state index contributed by atoms with van der Waals surface area (Å²) in [6.45, 7) is 8.72. The van der Waals surface area contributed by atoms with Crippen LogP contribution in [0.1, 0.15) is 32.8 Å². The summed E-state index contributed by atoms with van der Waals surface area (Å²) < 4.78 is 0. The molecule has 144 valence electrons. The monoisotopic (exact) mass is 384 g/mol. The average molecular weight is 385 g/mol. The summed E-state index contributed by atoms with van der Waals surface area (Å²) in [5.41, 5.74) is 2.04. The molecule has 1 N–H and O–H groups in total. The van der Waals surface area contributed by atoms with Crippen molar-refractivity contribution in [2.24, 2.45) is 11.8 Å². The van der Waals surface area contributed by atoms with Crippen molar-refractivity contribution in [3.63, 3.8) is 0 Å². The molecule has 0 saturated carbocycles. The van der Waals surface area contributed by atoms with Crippen LogP contribution < -0.4 is 10.2 Å². The predicted molar refractivity (Wildman–Crippen MR) is 112 cm³/mol. The van der Waals surface area contributed by atoms with E-state index in [1.54, 1.807) is 6.33 Å². The lowest BCUT2D eigenvalue weighted by Crippen LogP contribution is -2.39. The van der Waals surface area contributed by atoms with E-state index in [1.165, 1.54) is 18.2 Å².